The van der Waals surface area contributed by atoms with Crippen molar-refractivity contribution in [3.8, 4) is 0 Å². The van der Waals surface area contributed by atoms with Crippen molar-refractivity contribution in [3.63, 3.8) is 0 Å². The van der Waals surface area contributed by atoms with Crippen LogP contribution in [0.4, 0.5) is 0 Å². The number of amides is 1. The van der Waals surface area contributed by atoms with E-state index in [0.717, 1.165) is 26.3 Å². The van der Waals surface area contributed by atoms with Crippen LogP contribution in [-0.2, 0) is 9.53 Å². The van der Waals surface area contributed by atoms with Gasteiger partial charge in [-0.3, -0.25) is 9.69 Å². The first-order valence-electron chi connectivity index (χ1n) is 9.42. The monoisotopic (exact) mass is 352 g/mol. The zero-order valence-corrected chi connectivity index (χ0v) is 15.4. The van der Waals surface area contributed by atoms with E-state index in [1.54, 1.807) is 0 Å². The van der Waals surface area contributed by atoms with Crippen LogP contribution >= 0.6 is 0 Å². The molecule has 0 bridgehead atoms. The summed E-state index contributed by atoms with van der Waals surface area (Å²) in [5, 5.41) is 3.13. The Labute approximate surface area is 156 Å². The lowest BCUT2D eigenvalue weighted by Crippen LogP contribution is -2.47. The van der Waals surface area contributed by atoms with Gasteiger partial charge in [-0.15, -0.1) is 0 Å². The molecule has 1 unspecified atom stereocenters. The average Bonchev–Trinajstić information content (AvgIpc) is 2.72. The van der Waals surface area contributed by atoms with Crippen molar-refractivity contribution >= 4 is 5.91 Å². The van der Waals surface area contributed by atoms with Crippen molar-refractivity contribution in [3.05, 3.63) is 71.8 Å². The third-order valence-corrected chi connectivity index (χ3v) is 5.06. The van der Waals surface area contributed by atoms with Crippen molar-refractivity contribution in [1.82, 2.24) is 10.2 Å². The molecule has 1 amide bonds. The molecule has 1 fully saturated rings. The normalized spacial score (nSPS) is 16.4. The molecule has 1 heterocycles. The highest BCUT2D eigenvalue weighted by Gasteiger charge is 2.20. The quantitative estimate of drug-likeness (QED) is 0.833. The number of morpholine rings is 1. The van der Waals surface area contributed by atoms with Gasteiger partial charge in [-0.05, 0) is 18.1 Å². The maximum absolute atomic E-state index is 12.6. The standard InChI is InChI=1S/C22H28N2O2/c1-18(24-12-14-26-15-13-24)17-23-22(25)16-21(19-8-4-2-5-9-19)20-10-6-3-7-11-20/h2-11,18,21H,12-17H2,1H3,(H,23,25). The van der Waals surface area contributed by atoms with E-state index in [2.05, 4.69) is 41.4 Å². The predicted molar refractivity (Wildman–Crippen MR) is 104 cm³/mol. The highest BCUT2D eigenvalue weighted by Crippen LogP contribution is 2.27. The van der Waals surface area contributed by atoms with E-state index >= 15 is 0 Å². The van der Waals surface area contributed by atoms with Crippen LogP contribution in [0.15, 0.2) is 60.7 Å². The lowest BCUT2D eigenvalue weighted by Gasteiger charge is -2.32. The second kappa shape index (κ2) is 9.51. The number of ether oxygens (including phenoxy) is 1. The molecule has 1 saturated heterocycles. The van der Waals surface area contributed by atoms with Crippen molar-refractivity contribution in [2.45, 2.75) is 25.3 Å². The van der Waals surface area contributed by atoms with Crippen LogP contribution in [0.1, 0.15) is 30.4 Å². The Morgan fingerprint density at radius 3 is 2.08 bits per heavy atom. The molecule has 1 aliphatic rings. The Bertz CT molecular complexity index is 630. The maximum atomic E-state index is 12.6. The zero-order chi connectivity index (χ0) is 18.2. The highest BCUT2D eigenvalue weighted by molar-refractivity contribution is 5.77. The molecule has 4 nitrogen and oxygen atoms in total. The first-order chi connectivity index (χ1) is 12.7. The number of benzene rings is 2. The van der Waals surface area contributed by atoms with E-state index in [9.17, 15) is 4.79 Å². The smallest absolute Gasteiger partial charge is 0.221 e. The minimum atomic E-state index is 0.0797. The van der Waals surface area contributed by atoms with Crippen LogP contribution in [0.2, 0.25) is 0 Å². The van der Waals surface area contributed by atoms with Gasteiger partial charge in [0.1, 0.15) is 0 Å². The fourth-order valence-corrected chi connectivity index (χ4v) is 3.47. The Balaban J connectivity index is 1.60. The summed E-state index contributed by atoms with van der Waals surface area (Å²) in [6.07, 6.45) is 0.462. The fourth-order valence-electron chi connectivity index (χ4n) is 3.47. The third-order valence-electron chi connectivity index (χ3n) is 5.06. The second-order valence-corrected chi connectivity index (χ2v) is 6.88. The van der Waals surface area contributed by atoms with Gasteiger partial charge in [-0.25, -0.2) is 0 Å². The molecular weight excluding hydrogens is 324 g/mol. The average molecular weight is 352 g/mol. The number of carbonyl (C=O) groups is 1. The largest absolute Gasteiger partial charge is 0.379 e. The number of nitrogens with zero attached hydrogens (tertiary/aromatic N) is 1. The van der Waals surface area contributed by atoms with Gasteiger partial charge >= 0.3 is 0 Å². The highest BCUT2D eigenvalue weighted by atomic mass is 16.5. The van der Waals surface area contributed by atoms with Gasteiger partial charge in [0, 0.05) is 38.0 Å². The number of hydrogen-bond donors (Lipinski definition) is 1. The second-order valence-electron chi connectivity index (χ2n) is 6.88. The molecule has 0 radical (unpaired) electrons. The Kier molecular flexibility index (Phi) is 6.81. The summed E-state index contributed by atoms with van der Waals surface area (Å²) in [7, 11) is 0. The van der Waals surface area contributed by atoms with E-state index < -0.39 is 0 Å². The maximum Gasteiger partial charge on any atom is 0.221 e. The Hall–Kier alpha value is -2.17. The van der Waals surface area contributed by atoms with Crippen LogP contribution in [0, 0.1) is 0 Å². The molecule has 2 aromatic rings. The Morgan fingerprint density at radius 1 is 1.00 bits per heavy atom. The first kappa shape index (κ1) is 18.6. The molecule has 1 aliphatic heterocycles. The van der Waals surface area contributed by atoms with Gasteiger partial charge in [-0.2, -0.15) is 0 Å². The number of hydrogen-bond acceptors (Lipinski definition) is 3. The van der Waals surface area contributed by atoms with Crippen molar-refractivity contribution < 1.29 is 9.53 Å². The van der Waals surface area contributed by atoms with Crippen LogP contribution in [0.3, 0.4) is 0 Å². The molecule has 26 heavy (non-hydrogen) atoms. The summed E-state index contributed by atoms with van der Waals surface area (Å²) in [5.74, 6) is 0.180. The molecule has 0 spiro atoms. The molecule has 1 N–H and O–H groups in total. The van der Waals surface area contributed by atoms with Gasteiger partial charge in [0.15, 0.2) is 0 Å². The molecule has 1 atom stereocenters. The molecule has 138 valence electrons. The van der Waals surface area contributed by atoms with E-state index in [1.807, 2.05) is 36.4 Å². The molecule has 0 saturated carbocycles. The molecule has 3 rings (SSSR count). The van der Waals surface area contributed by atoms with Crippen molar-refractivity contribution in [1.29, 1.82) is 0 Å². The SMILES string of the molecule is CC(CNC(=O)CC(c1ccccc1)c1ccccc1)N1CCOCC1. The van der Waals surface area contributed by atoms with Gasteiger partial charge in [0.05, 0.1) is 13.2 Å². The zero-order valence-electron chi connectivity index (χ0n) is 15.4. The van der Waals surface area contributed by atoms with Crippen LogP contribution in [0.5, 0.6) is 0 Å². The Morgan fingerprint density at radius 2 is 1.54 bits per heavy atom. The summed E-state index contributed by atoms with van der Waals surface area (Å²) < 4.78 is 5.40. The summed E-state index contributed by atoms with van der Waals surface area (Å²) in [5.41, 5.74) is 2.35. The van der Waals surface area contributed by atoms with Crippen LogP contribution in [0.25, 0.3) is 0 Å². The molecule has 0 aliphatic carbocycles. The van der Waals surface area contributed by atoms with Gasteiger partial charge in [0.2, 0.25) is 5.91 Å². The van der Waals surface area contributed by atoms with Crippen molar-refractivity contribution in [2.24, 2.45) is 0 Å². The van der Waals surface area contributed by atoms with Crippen molar-refractivity contribution in [2.75, 3.05) is 32.8 Å². The predicted octanol–water partition coefficient (Wildman–Crippen LogP) is 3.05. The van der Waals surface area contributed by atoms with Gasteiger partial charge < -0.3 is 10.1 Å². The number of rotatable bonds is 7. The van der Waals surface area contributed by atoms with Crippen LogP contribution < -0.4 is 5.32 Å². The summed E-state index contributed by atoms with van der Waals surface area (Å²) >= 11 is 0. The lowest BCUT2D eigenvalue weighted by atomic mass is 9.88. The minimum Gasteiger partial charge on any atom is -0.379 e. The number of nitrogens with one attached hydrogen (secondary N) is 1. The molecular formula is C22H28N2O2. The van der Waals surface area contributed by atoms with E-state index in [-0.39, 0.29) is 11.8 Å². The van der Waals surface area contributed by atoms with E-state index in [4.69, 9.17) is 4.74 Å². The summed E-state index contributed by atoms with van der Waals surface area (Å²) in [6, 6.07) is 20.9. The van der Waals surface area contributed by atoms with Gasteiger partial charge in [-0.1, -0.05) is 60.7 Å². The van der Waals surface area contributed by atoms with E-state index in [0.29, 0.717) is 19.0 Å². The third kappa shape index (κ3) is 5.16. The number of carbonyl (C=O) groups excluding carboxylic acids is 1. The molecule has 2 aromatic carbocycles. The molecule has 4 heteroatoms. The van der Waals surface area contributed by atoms with Gasteiger partial charge in [0.25, 0.3) is 0 Å². The molecule has 0 aromatic heterocycles. The summed E-state index contributed by atoms with van der Waals surface area (Å²) in [4.78, 5) is 15.0. The first-order valence-corrected chi connectivity index (χ1v) is 9.42. The summed E-state index contributed by atoms with van der Waals surface area (Å²) in [6.45, 7) is 6.28. The fraction of sp³-hybridized carbons (Fsp3) is 0.409. The minimum absolute atomic E-state index is 0.0797. The van der Waals surface area contributed by atoms with Crippen LogP contribution in [-0.4, -0.2) is 49.7 Å². The topological polar surface area (TPSA) is 41.6 Å². The van der Waals surface area contributed by atoms with E-state index in [1.165, 1.54) is 11.1 Å². The lowest BCUT2D eigenvalue weighted by molar-refractivity contribution is -0.121.